The van der Waals surface area contributed by atoms with Gasteiger partial charge in [-0.15, -0.1) is 23.2 Å². The molecule has 7 nitrogen and oxygen atoms in total. The van der Waals surface area contributed by atoms with Crippen LogP contribution in [0.15, 0.2) is 24.3 Å². The van der Waals surface area contributed by atoms with Crippen LogP contribution in [-0.2, 0) is 19.1 Å². The molecule has 0 spiro atoms. The Morgan fingerprint density at radius 3 is 2.12 bits per heavy atom. The lowest BCUT2D eigenvalue weighted by molar-refractivity contribution is -0.153. The molecule has 2 amide bonds. The summed E-state index contributed by atoms with van der Waals surface area (Å²) in [5, 5.41) is 0.541. The summed E-state index contributed by atoms with van der Waals surface area (Å²) in [6.45, 7) is 0.653. The van der Waals surface area contributed by atoms with Gasteiger partial charge in [0, 0.05) is 11.4 Å². The van der Waals surface area contributed by atoms with Crippen LogP contribution >= 0.6 is 34.8 Å². The molecule has 0 radical (unpaired) electrons. The Balaban J connectivity index is 1.63. The second-order valence-electron chi connectivity index (χ2n) is 5.63. The molecule has 1 saturated carbocycles. The Bertz CT molecular complexity index is 680. The highest BCUT2D eigenvalue weighted by Crippen LogP contribution is 2.64. The minimum Gasteiger partial charge on any atom is -0.484 e. The molecule has 0 unspecified atom stereocenters. The van der Waals surface area contributed by atoms with E-state index in [0.717, 1.165) is 0 Å². The second kappa shape index (κ2) is 7.68. The van der Waals surface area contributed by atoms with Gasteiger partial charge in [-0.2, -0.15) is 0 Å². The Labute approximate surface area is 158 Å². The van der Waals surface area contributed by atoms with Crippen molar-refractivity contribution < 1.29 is 23.9 Å². The molecule has 0 aromatic heterocycles. The molecule has 1 fully saturated rings. The van der Waals surface area contributed by atoms with Crippen LogP contribution in [0.2, 0.25) is 5.02 Å². The number of nitrogens with one attached hydrogen (secondary N) is 2. The number of halogens is 3. The summed E-state index contributed by atoms with van der Waals surface area (Å²) in [5.74, 6) is -1.54. The van der Waals surface area contributed by atoms with Gasteiger partial charge in [-0.25, -0.2) is 0 Å². The Kier molecular flexibility index (Phi) is 6.03. The van der Waals surface area contributed by atoms with Crippen molar-refractivity contribution in [3.8, 4) is 5.75 Å². The van der Waals surface area contributed by atoms with Gasteiger partial charge in [0.1, 0.15) is 15.5 Å². The number of hydrazine groups is 1. The fraction of sp³-hybridized carbons (Fsp3) is 0.400. The summed E-state index contributed by atoms with van der Waals surface area (Å²) in [6.07, 6.45) is 0.252. The quantitative estimate of drug-likeness (QED) is 0.426. The van der Waals surface area contributed by atoms with Crippen LogP contribution in [0.4, 0.5) is 0 Å². The highest BCUT2D eigenvalue weighted by molar-refractivity contribution is 6.53. The molecule has 1 aromatic carbocycles. The molecule has 25 heavy (non-hydrogen) atoms. The maximum Gasteiger partial charge on any atom is 0.315 e. The number of esters is 1. The molecule has 1 aliphatic rings. The second-order valence-corrected chi connectivity index (χ2v) is 7.55. The highest BCUT2D eigenvalue weighted by Gasteiger charge is 2.69. The van der Waals surface area contributed by atoms with E-state index in [1.165, 1.54) is 0 Å². The Hall–Kier alpha value is -1.70. The van der Waals surface area contributed by atoms with Crippen molar-refractivity contribution in [2.24, 2.45) is 5.41 Å². The minimum atomic E-state index is -1.17. The first-order chi connectivity index (χ1) is 11.6. The van der Waals surface area contributed by atoms with Gasteiger partial charge in [0.25, 0.3) is 11.8 Å². The van der Waals surface area contributed by atoms with Crippen LogP contribution in [0.3, 0.4) is 0 Å². The predicted molar refractivity (Wildman–Crippen MR) is 91.4 cm³/mol. The third kappa shape index (κ3) is 5.14. The van der Waals surface area contributed by atoms with Gasteiger partial charge < -0.3 is 9.47 Å². The zero-order chi connectivity index (χ0) is 18.7. The SMILES string of the molecule is C[C@@]1(C(=O)OCC(=O)NNC(=O)COc2ccc(Cl)cc2)CC1(Cl)Cl. The van der Waals surface area contributed by atoms with Crippen LogP contribution in [-0.4, -0.2) is 35.3 Å². The minimum absolute atomic E-state index is 0.252. The van der Waals surface area contributed by atoms with Gasteiger partial charge in [-0.3, -0.25) is 25.2 Å². The normalized spacial score (nSPS) is 20.3. The van der Waals surface area contributed by atoms with E-state index >= 15 is 0 Å². The molecule has 136 valence electrons. The van der Waals surface area contributed by atoms with Gasteiger partial charge >= 0.3 is 5.97 Å². The molecule has 2 N–H and O–H groups in total. The zero-order valence-electron chi connectivity index (χ0n) is 13.1. The summed E-state index contributed by atoms with van der Waals surface area (Å²) >= 11 is 17.4. The predicted octanol–water partition coefficient (Wildman–Crippen LogP) is 1.99. The number of hydrogen-bond acceptors (Lipinski definition) is 5. The lowest BCUT2D eigenvalue weighted by Crippen LogP contribution is -2.45. The summed E-state index contributed by atoms with van der Waals surface area (Å²) in [4.78, 5) is 34.9. The molecular formula is C15H15Cl3N2O5. The average molecular weight is 410 g/mol. The molecule has 1 atom stereocenters. The van der Waals surface area contributed by atoms with Crippen molar-refractivity contribution in [3.05, 3.63) is 29.3 Å². The first-order valence-corrected chi connectivity index (χ1v) is 8.28. The summed E-state index contributed by atoms with van der Waals surface area (Å²) in [5.41, 5.74) is 3.20. The lowest BCUT2D eigenvalue weighted by atomic mass is 10.1. The molecule has 1 aliphatic carbocycles. The molecule has 0 heterocycles. The van der Waals surface area contributed by atoms with Crippen molar-refractivity contribution >= 4 is 52.6 Å². The lowest BCUT2D eigenvalue weighted by Gasteiger charge is -2.12. The van der Waals surface area contributed by atoms with Crippen LogP contribution in [0.5, 0.6) is 5.75 Å². The van der Waals surface area contributed by atoms with E-state index < -0.39 is 34.1 Å². The summed E-state index contributed by atoms with van der Waals surface area (Å²) in [7, 11) is 0. The van der Waals surface area contributed by atoms with Crippen molar-refractivity contribution in [2.75, 3.05) is 13.2 Å². The molecule has 1 aromatic rings. The van der Waals surface area contributed by atoms with Crippen LogP contribution in [0.25, 0.3) is 0 Å². The molecule has 0 saturated heterocycles. The number of ether oxygens (including phenoxy) is 2. The van der Waals surface area contributed by atoms with E-state index in [0.29, 0.717) is 10.8 Å². The molecular weight excluding hydrogens is 395 g/mol. The van der Waals surface area contributed by atoms with E-state index in [4.69, 9.17) is 44.3 Å². The first kappa shape index (κ1) is 19.6. The van der Waals surface area contributed by atoms with E-state index in [1.54, 1.807) is 31.2 Å². The summed E-state index contributed by atoms with van der Waals surface area (Å²) < 4.78 is 8.84. The maximum atomic E-state index is 11.8. The largest absolute Gasteiger partial charge is 0.484 e. The first-order valence-electron chi connectivity index (χ1n) is 7.15. The van der Waals surface area contributed by atoms with E-state index in [2.05, 4.69) is 10.9 Å². The summed E-state index contributed by atoms with van der Waals surface area (Å²) in [6, 6.07) is 6.42. The van der Waals surface area contributed by atoms with Crippen molar-refractivity contribution in [3.63, 3.8) is 0 Å². The van der Waals surface area contributed by atoms with E-state index in [9.17, 15) is 14.4 Å². The van der Waals surface area contributed by atoms with Crippen LogP contribution in [0, 0.1) is 5.41 Å². The van der Waals surface area contributed by atoms with E-state index in [1.807, 2.05) is 0 Å². The average Bonchev–Trinajstić information content (AvgIpc) is 3.09. The standard InChI is InChI=1S/C15H15Cl3N2O5/c1-14(8-15(14,17)18)13(23)25-7-12(22)20-19-11(21)6-24-10-4-2-9(16)3-5-10/h2-5H,6-8H2,1H3,(H,19,21)(H,20,22)/t14-/m0/s1. The van der Waals surface area contributed by atoms with Gasteiger partial charge in [0.2, 0.25) is 0 Å². The Morgan fingerprint density at radius 1 is 1.08 bits per heavy atom. The van der Waals surface area contributed by atoms with Crippen molar-refractivity contribution in [2.45, 2.75) is 17.7 Å². The topological polar surface area (TPSA) is 93.7 Å². The van der Waals surface area contributed by atoms with Gasteiger partial charge in [-0.05, 0) is 31.2 Å². The third-order valence-electron chi connectivity index (χ3n) is 3.57. The molecule has 2 rings (SSSR count). The number of hydrogen-bond donors (Lipinski definition) is 2. The van der Waals surface area contributed by atoms with Gasteiger partial charge in [-0.1, -0.05) is 11.6 Å². The number of rotatable bonds is 6. The fourth-order valence-corrected chi connectivity index (χ4v) is 2.62. The van der Waals surface area contributed by atoms with E-state index in [-0.39, 0.29) is 13.0 Å². The number of carbonyl (C=O) groups excluding carboxylic acids is 3. The third-order valence-corrected chi connectivity index (χ3v) is 4.92. The Morgan fingerprint density at radius 2 is 1.60 bits per heavy atom. The maximum absolute atomic E-state index is 11.8. The van der Waals surface area contributed by atoms with Gasteiger partial charge in [0.05, 0.1) is 0 Å². The smallest absolute Gasteiger partial charge is 0.315 e. The highest BCUT2D eigenvalue weighted by atomic mass is 35.5. The van der Waals surface area contributed by atoms with Crippen molar-refractivity contribution in [1.82, 2.24) is 10.9 Å². The van der Waals surface area contributed by atoms with Gasteiger partial charge in [0.15, 0.2) is 13.2 Å². The van der Waals surface area contributed by atoms with Crippen LogP contribution in [0.1, 0.15) is 13.3 Å². The fourth-order valence-electron chi connectivity index (χ4n) is 1.80. The van der Waals surface area contributed by atoms with Crippen molar-refractivity contribution in [1.29, 1.82) is 0 Å². The number of alkyl halides is 2. The monoisotopic (exact) mass is 408 g/mol. The molecule has 10 heteroatoms. The number of amides is 2. The zero-order valence-corrected chi connectivity index (χ0v) is 15.4. The van der Waals surface area contributed by atoms with Crippen LogP contribution < -0.4 is 15.6 Å². The number of carbonyl (C=O) groups is 3. The molecule has 0 aliphatic heterocycles. The molecule has 0 bridgehead atoms. The number of benzene rings is 1.